The van der Waals surface area contributed by atoms with E-state index < -0.39 is 12.1 Å². The molecule has 0 spiro atoms. The lowest BCUT2D eigenvalue weighted by Gasteiger charge is -2.41. The number of carbonyl (C=O) groups is 2. The molecule has 0 radical (unpaired) electrons. The number of hydrogen-bond acceptors (Lipinski definition) is 5. The first-order chi connectivity index (χ1) is 16.9. The first kappa shape index (κ1) is 23.8. The summed E-state index contributed by atoms with van der Waals surface area (Å²) in [6.07, 6.45) is 2.67. The quantitative estimate of drug-likeness (QED) is 0.439. The van der Waals surface area contributed by atoms with E-state index >= 15 is 0 Å². The molecule has 4 aromatic rings. The number of fused-ring (bicyclic) bond motifs is 3. The van der Waals surface area contributed by atoms with Gasteiger partial charge in [-0.15, -0.1) is 0 Å². The highest BCUT2D eigenvalue weighted by Crippen LogP contribution is 2.58. The van der Waals surface area contributed by atoms with E-state index in [4.69, 9.17) is 19.6 Å². The van der Waals surface area contributed by atoms with Crippen LogP contribution in [0.1, 0.15) is 41.5 Å². The third-order valence-corrected chi connectivity index (χ3v) is 6.55. The number of carboxylic acid groups (broad SMARTS) is 1. The fourth-order valence-corrected chi connectivity index (χ4v) is 5.06. The molecule has 0 aromatic carbocycles. The first-order valence-electron chi connectivity index (χ1n) is 11.1. The zero-order valence-electron chi connectivity index (χ0n) is 19.3. The molecule has 4 aromatic heterocycles. The number of aromatic nitrogens is 4. The fraction of sp³-hybridized carbons (Fsp3) is 0.333. The molecule has 2 N–H and O–H groups in total. The van der Waals surface area contributed by atoms with E-state index in [9.17, 15) is 18.0 Å². The number of rotatable bonds is 3. The minimum atomic E-state index is -5.08. The van der Waals surface area contributed by atoms with Crippen molar-refractivity contribution in [3.63, 3.8) is 0 Å². The van der Waals surface area contributed by atoms with Gasteiger partial charge in [0.2, 0.25) is 0 Å². The van der Waals surface area contributed by atoms with Crippen LogP contribution in [0.15, 0.2) is 48.9 Å². The third-order valence-electron chi connectivity index (χ3n) is 6.55. The molecular weight excluding hydrogens is 479 g/mol. The lowest BCUT2D eigenvalue weighted by atomic mass is 9.62. The van der Waals surface area contributed by atoms with Crippen LogP contribution in [0.4, 0.5) is 18.9 Å². The molecule has 2 bridgehead atoms. The average Bonchev–Trinajstić information content (AvgIpc) is 3.54. The molecule has 12 heteroatoms. The van der Waals surface area contributed by atoms with Crippen molar-refractivity contribution < 1.29 is 32.6 Å². The minimum Gasteiger partial charge on any atom is -0.475 e. The number of halogens is 3. The number of ether oxygens (including phenoxy) is 1. The zero-order valence-corrected chi connectivity index (χ0v) is 19.3. The second kappa shape index (κ2) is 8.05. The summed E-state index contributed by atoms with van der Waals surface area (Å²) in [5.41, 5.74) is 5.20. The molecule has 0 unspecified atom stereocenters. The van der Waals surface area contributed by atoms with Crippen LogP contribution in [0, 0.1) is 6.92 Å². The second-order valence-electron chi connectivity index (χ2n) is 9.48. The van der Waals surface area contributed by atoms with Gasteiger partial charge in [0, 0.05) is 17.8 Å². The molecule has 36 heavy (non-hydrogen) atoms. The van der Waals surface area contributed by atoms with Crippen LogP contribution in [0.25, 0.3) is 11.2 Å². The maximum Gasteiger partial charge on any atom is 0.490 e. The van der Waals surface area contributed by atoms with E-state index in [-0.39, 0.29) is 16.9 Å². The van der Waals surface area contributed by atoms with E-state index in [1.54, 1.807) is 16.8 Å². The van der Waals surface area contributed by atoms with Gasteiger partial charge in [0.25, 0.3) is 5.91 Å². The molecule has 3 aliphatic rings. The monoisotopic (exact) mass is 501 g/mol. The molecule has 2 aliphatic heterocycles. The van der Waals surface area contributed by atoms with Crippen molar-refractivity contribution in [2.24, 2.45) is 0 Å². The predicted molar refractivity (Wildman–Crippen MR) is 122 cm³/mol. The summed E-state index contributed by atoms with van der Waals surface area (Å²) in [7, 11) is 0. The van der Waals surface area contributed by atoms with E-state index in [2.05, 4.69) is 23.5 Å². The van der Waals surface area contributed by atoms with Gasteiger partial charge in [-0.05, 0) is 56.5 Å². The average molecular weight is 501 g/mol. The third kappa shape index (κ3) is 4.06. The van der Waals surface area contributed by atoms with Crippen molar-refractivity contribution in [3.05, 3.63) is 65.9 Å². The Labute approximate surface area is 202 Å². The Morgan fingerprint density at radius 2 is 1.92 bits per heavy atom. The summed E-state index contributed by atoms with van der Waals surface area (Å²) in [4.78, 5) is 26.7. The molecular formula is C24H22F3N5O4. The smallest absolute Gasteiger partial charge is 0.475 e. The number of anilines is 1. The van der Waals surface area contributed by atoms with Crippen molar-refractivity contribution in [1.82, 2.24) is 19.0 Å². The minimum absolute atomic E-state index is 0.0253. The van der Waals surface area contributed by atoms with Crippen LogP contribution in [-0.2, 0) is 14.9 Å². The molecule has 2 saturated heterocycles. The van der Waals surface area contributed by atoms with Crippen LogP contribution in [0.5, 0.6) is 0 Å². The fourth-order valence-electron chi connectivity index (χ4n) is 5.06. The molecule has 3 fully saturated rings. The van der Waals surface area contributed by atoms with Crippen molar-refractivity contribution in [2.45, 2.75) is 43.9 Å². The first-order valence-corrected chi connectivity index (χ1v) is 11.1. The molecule has 1 amide bonds. The van der Waals surface area contributed by atoms with Crippen molar-refractivity contribution >= 4 is 28.7 Å². The van der Waals surface area contributed by atoms with E-state index in [1.165, 1.54) is 0 Å². The van der Waals surface area contributed by atoms with Gasteiger partial charge in [0.1, 0.15) is 11.3 Å². The van der Waals surface area contributed by atoms with Crippen molar-refractivity contribution in [1.29, 1.82) is 0 Å². The van der Waals surface area contributed by atoms with Crippen LogP contribution in [0.2, 0.25) is 0 Å². The number of carbonyl (C=O) groups excluding carboxylic acids is 1. The molecule has 7 rings (SSSR count). The number of nitrogens with one attached hydrogen (secondary N) is 1. The van der Waals surface area contributed by atoms with Gasteiger partial charge < -0.3 is 19.6 Å². The summed E-state index contributed by atoms with van der Waals surface area (Å²) >= 11 is 0. The van der Waals surface area contributed by atoms with Crippen LogP contribution >= 0.6 is 0 Å². The lowest BCUT2D eigenvalue weighted by Crippen LogP contribution is -2.45. The van der Waals surface area contributed by atoms with Gasteiger partial charge in [-0.2, -0.15) is 18.3 Å². The Hall–Kier alpha value is -3.93. The number of aryl methyl sites for hydroxylation is 1. The summed E-state index contributed by atoms with van der Waals surface area (Å²) in [6, 6.07) is 9.38. The zero-order chi connectivity index (χ0) is 25.9. The van der Waals surface area contributed by atoms with Gasteiger partial charge in [-0.3, -0.25) is 4.79 Å². The summed E-state index contributed by atoms with van der Waals surface area (Å²) in [6.45, 7) is 4.93. The molecule has 9 nitrogen and oxygen atoms in total. The number of hydrogen-bond donors (Lipinski definition) is 2. The number of imidazole rings is 1. The topological polar surface area (TPSA) is 110 Å². The number of carboxylic acids is 1. The highest BCUT2D eigenvalue weighted by atomic mass is 19.4. The Morgan fingerprint density at radius 1 is 1.19 bits per heavy atom. The SMILES string of the molecule is Cc1cc(NC(=O)c2cccc3ccnn23)cn2cc(C34COC(C)(C3)C4)nc12.O=C(O)C(F)(F)F. The highest BCUT2D eigenvalue weighted by molar-refractivity contribution is 6.03. The molecule has 188 valence electrons. The van der Waals surface area contributed by atoms with Gasteiger partial charge >= 0.3 is 12.1 Å². The van der Waals surface area contributed by atoms with Crippen LogP contribution in [-0.4, -0.2) is 54.4 Å². The van der Waals surface area contributed by atoms with E-state index in [0.29, 0.717) is 5.69 Å². The van der Waals surface area contributed by atoms with Crippen molar-refractivity contribution in [2.75, 3.05) is 11.9 Å². The number of nitrogens with zero attached hydrogens (tertiary/aromatic N) is 4. The van der Waals surface area contributed by atoms with E-state index in [0.717, 1.165) is 47.6 Å². The standard InChI is InChI=1S/C22H21N5O2.C2HF3O2/c1-14-8-15(24-20(28)17-5-3-4-16-6-7-23-27(16)17)9-26-10-18(25-19(14)26)22-11-21(2,12-22)29-13-22;3-2(4,5)1(6)7/h3-10H,11-13H2,1-2H3,(H,24,28);(H,6,7). The molecule has 1 saturated carbocycles. The number of aliphatic carboxylic acids is 1. The van der Waals surface area contributed by atoms with Gasteiger partial charge in [-0.25, -0.2) is 14.3 Å². The number of pyridine rings is 2. The van der Waals surface area contributed by atoms with Gasteiger partial charge in [0.05, 0.1) is 35.3 Å². The van der Waals surface area contributed by atoms with Gasteiger partial charge in [-0.1, -0.05) is 6.07 Å². The molecule has 6 heterocycles. The van der Waals surface area contributed by atoms with E-state index in [1.807, 2.05) is 41.8 Å². The highest BCUT2D eigenvalue weighted by Gasteiger charge is 2.61. The summed E-state index contributed by atoms with van der Waals surface area (Å²) in [5, 5.41) is 14.4. The maximum atomic E-state index is 12.9. The second-order valence-corrected chi connectivity index (χ2v) is 9.48. The Balaban J connectivity index is 0.000000338. The van der Waals surface area contributed by atoms with Crippen molar-refractivity contribution in [3.8, 4) is 0 Å². The van der Waals surface area contributed by atoms with Crippen LogP contribution in [0.3, 0.4) is 0 Å². The largest absolute Gasteiger partial charge is 0.490 e. The number of amides is 1. The Morgan fingerprint density at radius 3 is 2.56 bits per heavy atom. The van der Waals surface area contributed by atoms with Gasteiger partial charge in [0.15, 0.2) is 0 Å². The molecule has 1 aliphatic carbocycles. The normalized spacial score (nSPS) is 22.7. The molecule has 0 atom stereocenters. The summed E-state index contributed by atoms with van der Waals surface area (Å²) in [5.74, 6) is -2.96. The Kier molecular flexibility index (Phi) is 5.32. The summed E-state index contributed by atoms with van der Waals surface area (Å²) < 4.78 is 41.3. The number of alkyl halides is 3. The lowest BCUT2D eigenvalue weighted by molar-refractivity contribution is -0.192. The Bertz CT molecular complexity index is 1500. The maximum absolute atomic E-state index is 12.9. The predicted octanol–water partition coefficient (Wildman–Crippen LogP) is 4.00. The van der Waals surface area contributed by atoms with Crippen LogP contribution < -0.4 is 5.32 Å².